The molecule has 1 atom stereocenters. The van der Waals surface area contributed by atoms with E-state index in [2.05, 4.69) is 10.6 Å². The summed E-state index contributed by atoms with van der Waals surface area (Å²) in [4.78, 5) is 34.9. The molecule has 0 spiro atoms. The lowest BCUT2D eigenvalue weighted by Crippen LogP contribution is -2.46. The standard InChI is InChI=1S/C20H19F3N2O5/c21-20(22,23)15-8-6-13(7-9-15)10-16(18(27)28)25-17(26)11-24-19(29)30-12-14-4-2-1-3-5-14/h1-9,16H,10-12H2,(H,24,29)(H,25,26)(H,27,28)/t16-/m1/s1. The molecule has 0 heterocycles. The van der Waals surface area contributed by atoms with E-state index in [0.717, 1.165) is 29.8 Å². The van der Waals surface area contributed by atoms with E-state index in [4.69, 9.17) is 4.74 Å². The van der Waals surface area contributed by atoms with E-state index in [-0.39, 0.29) is 13.0 Å². The number of amides is 2. The largest absolute Gasteiger partial charge is 0.480 e. The van der Waals surface area contributed by atoms with Gasteiger partial charge in [0.25, 0.3) is 0 Å². The summed E-state index contributed by atoms with van der Waals surface area (Å²) in [6, 6.07) is 11.4. The number of nitrogens with one attached hydrogen (secondary N) is 2. The van der Waals surface area contributed by atoms with Crippen LogP contribution in [0.4, 0.5) is 18.0 Å². The zero-order chi connectivity index (χ0) is 22.1. The fourth-order valence-corrected chi connectivity index (χ4v) is 2.44. The highest BCUT2D eigenvalue weighted by Gasteiger charge is 2.30. The molecule has 2 amide bonds. The van der Waals surface area contributed by atoms with Crippen molar-refractivity contribution in [2.45, 2.75) is 25.2 Å². The molecular weight excluding hydrogens is 405 g/mol. The molecule has 30 heavy (non-hydrogen) atoms. The molecule has 2 rings (SSSR count). The van der Waals surface area contributed by atoms with Crippen molar-refractivity contribution in [2.75, 3.05) is 6.54 Å². The van der Waals surface area contributed by atoms with Crippen LogP contribution in [-0.2, 0) is 33.5 Å². The molecule has 10 heteroatoms. The Morgan fingerprint density at radius 3 is 2.17 bits per heavy atom. The summed E-state index contributed by atoms with van der Waals surface area (Å²) in [5.41, 5.74) is 0.186. The van der Waals surface area contributed by atoms with Gasteiger partial charge < -0.3 is 20.5 Å². The number of alkyl carbamates (subject to hydrolysis) is 1. The first kappa shape index (κ1) is 22.7. The maximum Gasteiger partial charge on any atom is 0.416 e. The molecular formula is C20H19F3N2O5. The number of alkyl halides is 3. The SMILES string of the molecule is O=C(CNC(=O)OCc1ccccc1)N[C@H](Cc1ccc(C(F)(F)F)cc1)C(=O)O. The Balaban J connectivity index is 1.82. The summed E-state index contributed by atoms with van der Waals surface area (Å²) in [5, 5.41) is 13.6. The summed E-state index contributed by atoms with van der Waals surface area (Å²) >= 11 is 0. The number of carboxylic acid groups (broad SMARTS) is 1. The maximum atomic E-state index is 12.6. The van der Waals surface area contributed by atoms with Crippen molar-refractivity contribution < 1.29 is 37.4 Å². The molecule has 0 radical (unpaired) electrons. The van der Waals surface area contributed by atoms with E-state index in [1.54, 1.807) is 30.3 Å². The van der Waals surface area contributed by atoms with E-state index >= 15 is 0 Å². The number of ether oxygens (including phenoxy) is 1. The number of carbonyl (C=O) groups is 3. The highest BCUT2D eigenvalue weighted by atomic mass is 19.4. The van der Waals surface area contributed by atoms with Crippen LogP contribution in [-0.4, -0.2) is 35.7 Å². The normalized spacial score (nSPS) is 12.0. The lowest BCUT2D eigenvalue weighted by atomic mass is 10.0. The predicted octanol–water partition coefficient (Wildman–Crippen LogP) is 2.74. The van der Waals surface area contributed by atoms with Crippen molar-refractivity contribution >= 4 is 18.0 Å². The summed E-state index contributed by atoms with van der Waals surface area (Å²) in [6.45, 7) is -0.523. The van der Waals surface area contributed by atoms with Crippen molar-refractivity contribution in [2.24, 2.45) is 0 Å². The molecule has 3 N–H and O–H groups in total. The lowest BCUT2D eigenvalue weighted by molar-refractivity contribution is -0.141. The Morgan fingerprint density at radius 1 is 0.967 bits per heavy atom. The number of benzene rings is 2. The summed E-state index contributed by atoms with van der Waals surface area (Å²) in [7, 11) is 0. The van der Waals surface area contributed by atoms with E-state index in [0.29, 0.717) is 5.56 Å². The molecule has 0 aliphatic heterocycles. The highest BCUT2D eigenvalue weighted by Crippen LogP contribution is 2.29. The topological polar surface area (TPSA) is 105 Å². The van der Waals surface area contributed by atoms with Crippen molar-refractivity contribution in [1.29, 1.82) is 0 Å². The second-order valence-electron chi connectivity index (χ2n) is 6.27. The molecule has 0 bridgehead atoms. The third-order valence-corrected chi connectivity index (χ3v) is 3.96. The van der Waals surface area contributed by atoms with Crippen molar-refractivity contribution in [1.82, 2.24) is 10.6 Å². The van der Waals surface area contributed by atoms with Gasteiger partial charge in [-0.25, -0.2) is 9.59 Å². The van der Waals surface area contributed by atoms with Crippen LogP contribution < -0.4 is 10.6 Å². The Morgan fingerprint density at radius 2 is 1.60 bits per heavy atom. The Kier molecular flexibility index (Phi) is 7.79. The van der Waals surface area contributed by atoms with Gasteiger partial charge in [0.2, 0.25) is 5.91 Å². The maximum absolute atomic E-state index is 12.6. The molecule has 0 saturated heterocycles. The third kappa shape index (κ3) is 7.46. The smallest absolute Gasteiger partial charge is 0.416 e. The minimum Gasteiger partial charge on any atom is -0.480 e. The molecule has 2 aromatic carbocycles. The third-order valence-electron chi connectivity index (χ3n) is 3.96. The van der Waals surface area contributed by atoms with Gasteiger partial charge in [-0.15, -0.1) is 0 Å². The molecule has 0 unspecified atom stereocenters. The van der Waals surface area contributed by atoms with Gasteiger partial charge in [0, 0.05) is 6.42 Å². The van der Waals surface area contributed by atoms with Crippen LogP contribution in [0.15, 0.2) is 54.6 Å². The van der Waals surface area contributed by atoms with E-state index in [1.165, 1.54) is 0 Å². The molecule has 0 aromatic heterocycles. The monoisotopic (exact) mass is 424 g/mol. The molecule has 2 aromatic rings. The van der Waals surface area contributed by atoms with Gasteiger partial charge in [-0.05, 0) is 23.3 Å². The first-order valence-electron chi connectivity index (χ1n) is 8.78. The molecule has 0 aliphatic rings. The minimum atomic E-state index is -4.50. The van der Waals surface area contributed by atoms with Crippen LogP contribution in [0.2, 0.25) is 0 Å². The van der Waals surface area contributed by atoms with E-state index in [9.17, 15) is 32.7 Å². The second-order valence-corrected chi connectivity index (χ2v) is 6.27. The lowest BCUT2D eigenvalue weighted by Gasteiger charge is -2.15. The summed E-state index contributed by atoms with van der Waals surface area (Å²) in [6.07, 6.45) is -5.58. The van der Waals surface area contributed by atoms with Gasteiger partial charge in [0.15, 0.2) is 0 Å². The minimum absolute atomic E-state index is 0.0000354. The number of halogens is 3. The van der Waals surface area contributed by atoms with Crippen LogP contribution in [0.5, 0.6) is 0 Å². The number of aliphatic carboxylic acids is 1. The quantitative estimate of drug-likeness (QED) is 0.605. The molecule has 7 nitrogen and oxygen atoms in total. The van der Waals surface area contributed by atoms with Gasteiger partial charge >= 0.3 is 18.2 Å². The number of carbonyl (C=O) groups excluding carboxylic acids is 2. The number of hydrogen-bond donors (Lipinski definition) is 3. The van der Waals surface area contributed by atoms with Crippen molar-refractivity contribution in [3.8, 4) is 0 Å². The molecule has 0 aliphatic carbocycles. The number of hydrogen-bond acceptors (Lipinski definition) is 4. The van der Waals surface area contributed by atoms with Crippen LogP contribution in [0.3, 0.4) is 0 Å². The first-order valence-corrected chi connectivity index (χ1v) is 8.78. The molecule has 0 fully saturated rings. The second kappa shape index (κ2) is 10.3. The van der Waals surface area contributed by atoms with Crippen LogP contribution in [0.1, 0.15) is 16.7 Å². The predicted molar refractivity (Wildman–Crippen MR) is 99.3 cm³/mol. The van der Waals surface area contributed by atoms with Gasteiger partial charge in [0.1, 0.15) is 19.2 Å². The van der Waals surface area contributed by atoms with E-state index in [1.807, 2.05) is 0 Å². The number of rotatable bonds is 8. The van der Waals surface area contributed by atoms with Crippen molar-refractivity contribution in [3.05, 3.63) is 71.3 Å². The Bertz CT molecular complexity index is 870. The highest BCUT2D eigenvalue weighted by molar-refractivity contribution is 5.86. The van der Waals surface area contributed by atoms with Gasteiger partial charge in [-0.1, -0.05) is 42.5 Å². The fraction of sp³-hybridized carbons (Fsp3) is 0.250. The fourth-order valence-electron chi connectivity index (χ4n) is 2.44. The Labute approximate surface area is 169 Å². The summed E-state index contributed by atoms with van der Waals surface area (Å²) < 4.78 is 42.7. The molecule has 0 saturated carbocycles. The average Bonchev–Trinajstić information content (AvgIpc) is 2.70. The molecule has 160 valence electrons. The summed E-state index contributed by atoms with van der Waals surface area (Å²) in [5.74, 6) is -2.15. The van der Waals surface area contributed by atoms with Gasteiger partial charge in [-0.3, -0.25) is 4.79 Å². The Hall–Kier alpha value is -3.56. The van der Waals surface area contributed by atoms with Crippen molar-refractivity contribution in [3.63, 3.8) is 0 Å². The number of carboxylic acids is 1. The average molecular weight is 424 g/mol. The van der Waals surface area contributed by atoms with Crippen LogP contribution >= 0.6 is 0 Å². The first-order chi connectivity index (χ1) is 14.1. The van der Waals surface area contributed by atoms with Crippen LogP contribution in [0, 0.1) is 0 Å². The van der Waals surface area contributed by atoms with Gasteiger partial charge in [-0.2, -0.15) is 13.2 Å². The zero-order valence-electron chi connectivity index (χ0n) is 15.6. The van der Waals surface area contributed by atoms with Crippen LogP contribution in [0.25, 0.3) is 0 Å². The van der Waals surface area contributed by atoms with Gasteiger partial charge in [0.05, 0.1) is 5.56 Å². The van der Waals surface area contributed by atoms with E-state index < -0.39 is 42.3 Å². The zero-order valence-corrected chi connectivity index (χ0v) is 15.6.